The Kier molecular flexibility index (Phi) is 6.35. The SMILES string of the molecule is C=CCn1c(=O)c2cnc(Nc3ccc4c(cnn4C)c3)nc2n1-c1cccc(N(C)C2CCN(C)CC2)n1. The van der Waals surface area contributed by atoms with Gasteiger partial charge in [0.05, 0.1) is 18.3 Å². The number of nitrogens with zero attached hydrogens (tertiary/aromatic N) is 9. The van der Waals surface area contributed by atoms with E-state index >= 15 is 0 Å². The monoisotopic (exact) mass is 524 g/mol. The summed E-state index contributed by atoms with van der Waals surface area (Å²) in [4.78, 5) is 32.2. The molecule has 1 N–H and O–H groups in total. The third-order valence-corrected chi connectivity index (χ3v) is 7.51. The van der Waals surface area contributed by atoms with E-state index in [0.29, 0.717) is 35.4 Å². The fourth-order valence-corrected chi connectivity index (χ4v) is 5.27. The minimum atomic E-state index is -0.191. The number of aryl methyl sites for hydroxylation is 1. The van der Waals surface area contributed by atoms with E-state index in [4.69, 9.17) is 9.97 Å². The van der Waals surface area contributed by atoms with Crippen LogP contribution in [0.25, 0.3) is 27.8 Å². The van der Waals surface area contributed by atoms with Gasteiger partial charge in [0.15, 0.2) is 11.5 Å². The molecule has 6 rings (SSSR count). The summed E-state index contributed by atoms with van der Waals surface area (Å²) in [6.45, 7) is 6.30. The van der Waals surface area contributed by atoms with Crippen LogP contribution in [0.15, 0.2) is 66.2 Å². The zero-order valence-electron chi connectivity index (χ0n) is 22.4. The molecular formula is C28H32N10O. The van der Waals surface area contributed by atoms with Crippen molar-refractivity contribution < 1.29 is 0 Å². The van der Waals surface area contributed by atoms with E-state index in [1.807, 2.05) is 54.3 Å². The first-order chi connectivity index (χ1) is 18.9. The minimum absolute atomic E-state index is 0.191. The van der Waals surface area contributed by atoms with Crippen LogP contribution in [-0.2, 0) is 13.6 Å². The van der Waals surface area contributed by atoms with Gasteiger partial charge in [-0.05, 0) is 63.3 Å². The largest absolute Gasteiger partial charge is 0.357 e. The molecule has 39 heavy (non-hydrogen) atoms. The van der Waals surface area contributed by atoms with Crippen molar-refractivity contribution in [1.82, 2.24) is 39.0 Å². The Bertz CT molecular complexity index is 1720. The Morgan fingerprint density at radius 1 is 1.13 bits per heavy atom. The number of rotatable bonds is 7. The third-order valence-electron chi connectivity index (χ3n) is 7.51. The number of anilines is 3. The van der Waals surface area contributed by atoms with Crippen molar-refractivity contribution in [1.29, 1.82) is 0 Å². The molecule has 0 radical (unpaired) electrons. The number of benzene rings is 1. The predicted octanol–water partition coefficient (Wildman–Crippen LogP) is 3.32. The normalized spacial score (nSPS) is 14.7. The van der Waals surface area contributed by atoms with Crippen molar-refractivity contribution in [2.75, 3.05) is 37.4 Å². The van der Waals surface area contributed by atoms with Gasteiger partial charge in [0.2, 0.25) is 5.95 Å². The molecule has 0 unspecified atom stereocenters. The molecule has 0 saturated carbocycles. The molecule has 0 atom stereocenters. The van der Waals surface area contributed by atoms with Crippen molar-refractivity contribution in [3.05, 3.63) is 71.8 Å². The van der Waals surface area contributed by atoms with Gasteiger partial charge in [-0.15, -0.1) is 6.58 Å². The molecule has 5 heterocycles. The average Bonchev–Trinajstić information content (AvgIpc) is 3.45. The summed E-state index contributed by atoms with van der Waals surface area (Å²) in [6, 6.07) is 12.2. The van der Waals surface area contributed by atoms with Crippen molar-refractivity contribution in [2.24, 2.45) is 7.05 Å². The molecule has 11 heteroatoms. The van der Waals surface area contributed by atoms with Crippen LogP contribution >= 0.6 is 0 Å². The highest BCUT2D eigenvalue weighted by atomic mass is 16.1. The van der Waals surface area contributed by atoms with Gasteiger partial charge in [-0.2, -0.15) is 10.1 Å². The molecule has 200 valence electrons. The Morgan fingerprint density at radius 3 is 2.74 bits per heavy atom. The fraction of sp³-hybridized carbons (Fsp3) is 0.321. The summed E-state index contributed by atoms with van der Waals surface area (Å²) in [7, 11) is 6.16. The molecule has 1 aliphatic rings. The number of likely N-dealkylation sites (tertiary alicyclic amines) is 1. The van der Waals surface area contributed by atoms with E-state index in [-0.39, 0.29) is 5.56 Å². The molecule has 1 aromatic carbocycles. The number of fused-ring (bicyclic) bond motifs is 2. The number of allylic oxidation sites excluding steroid dienone is 1. The predicted molar refractivity (Wildman–Crippen MR) is 154 cm³/mol. The zero-order valence-corrected chi connectivity index (χ0v) is 22.4. The van der Waals surface area contributed by atoms with E-state index in [0.717, 1.165) is 48.3 Å². The van der Waals surface area contributed by atoms with Gasteiger partial charge in [0.25, 0.3) is 5.56 Å². The van der Waals surface area contributed by atoms with Gasteiger partial charge in [0, 0.05) is 37.4 Å². The van der Waals surface area contributed by atoms with Crippen LogP contribution in [-0.4, -0.2) is 72.2 Å². The number of pyridine rings is 1. The number of piperidine rings is 1. The van der Waals surface area contributed by atoms with Crippen molar-refractivity contribution in [2.45, 2.75) is 25.4 Å². The molecule has 0 spiro atoms. The van der Waals surface area contributed by atoms with E-state index in [1.54, 1.807) is 21.6 Å². The standard InChI is InChI=1S/C28H32N10O/c1-5-13-37-27(39)22-18-29-28(31-20-9-10-23-19(16-20)17-30-36(23)4)33-26(22)38(37)25-8-6-7-24(32-25)35(3)21-11-14-34(2)15-12-21/h5-10,16-18,21H,1,11-15H2,2-4H3,(H,29,31,33). The number of hydrogen-bond acceptors (Lipinski definition) is 8. The molecule has 11 nitrogen and oxygen atoms in total. The summed E-state index contributed by atoms with van der Waals surface area (Å²) < 4.78 is 5.19. The number of nitrogens with one attached hydrogen (secondary N) is 1. The van der Waals surface area contributed by atoms with Crippen molar-refractivity contribution in [3.8, 4) is 5.82 Å². The molecule has 0 aliphatic carbocycles. The van der Waals surface area contributed by atoms with Crippen LogP contribution in [0.2, 0.25) is 0 Å². The second-order valence-corrected chi connectivity index (χ2v) is 10.1. The molecule has 4 aromatic heterocycles. The minimum Gasteiger partial charge on any atom is -0.357 e. The first-order valence-electron chi connectivity index (χ1n) is 13.1. The second-order valence-electron chi connectivity index (χ2n) is 10.1. The first kappa shape index (κ1) is 24.8. The lowest BCUT2D eigenvalue weighted by molar-refractivity contribution is 0.252. The van der Waals surface area contributed by atoms with E-state index in [9.17, 15) is 4.79 Å². The lowest BCUT2D eigenvalue weighted by atomic mass is 10.0. The van der Waals surface area contributed by atoms with Crippen LogP contribution in [0.1, 0.15) is 12.8 Å². The van der Waals surface area contributed by atoms with Crippen LogP contribution in [0.4, 0.5) is 17.5 Å². The topological polar surface area (TPSA) is 102 Å². The van der Waals surface area contributed by atoms with Crippen LogP contribution < -0.4 is 15.8 Å². The lowest BCUT2D eigenvalue weighted by Gasteiger charge is -2.35. The first-order valence-corrected chi connectivity index (χ1v) is 13.1. The molecule has 1 aliphatic heterocycles. The highest BCUT2D eigenvalue weighted by Crippen LogP contribution is 2.24. The maximum atomic E-state index is 13.4. The van der Waals surface area contributed by atoms with Crippen molar-refractivity contribution in [3.63, 3.8) is 0 Å². The molecule has 0 amide bonds. The van der Waals surface area contributed by atoms with Crippen LogP contribution in [0.3, 0.4) is 0 Å². The van der Waals surface area contributed by atoms with E-state index < -0.39 is 0 Å². The summed E-state index contributed by atoms with van der Waals surface area (Å²) in [5.74, 6) is 1.86. The van der Waals surface area contributed by atoms with Crippen LogP contribution in [0.5, 0.6) is 0 Å². The molecular weight excluding hydrogens is 492 g/mol. The molecule has 5 aromatic rings. The fourth-order valence-electron chi connectivity index (χ4n) is 5.27. The number of hydrogen-bond donors (Lipinski definition) is 1. The number of aromatic nitrogens is 7. The smallest absolute Gasteiger partial charge is 0.278 e. The summed E-state index contributed by atoms with van der Waals surface area (Å²) in [5.41, 5.74) is 2.15. The van der Waals surface area contributed by atoms with Gasteiger partial charge in [-0.25, -0.2) is 19.3 Å². The van der Waals surface area contributed by atoms with Crippen LogP contribution in [0, 0.1) is 0 Å². The highest BCUT2D eigenvalue weighted by Gasteiger charge is 2.23. The second kappa shape index (κ2) is 9.99. The van der Waals surface area contributed by atoms with Crippen molar-refractivity contribution >= 4 is 39.4 Å². The Hall–Kier alpha value is -4.51. The Morgan fingerprint density at radius 2 is 1.95 bits per heavy atom. The maximum Gasteiger partial charge on any atom is 0.278 e. The third kappa shape index (κ3) is 4.54. The summed E-state index contributed by atoms with van der Waals surface area (Å²) in [5, 5.41) is 9.01. The van der Waals surface area contributed by atoms with Gasteiger partial charge in [-0.1, -0.05) is 12.1 Å². The zero-order chi connectivity index (χ0) is 27.1. The van der Waals surface area contributed by atoms with Gasteiger partial charge in [0.1, 0.15) is 11.2 Å². The lowest BCUT2D eigenvalue weighted by Crippen LogP contribution is -2.42. The maximum absolute atomic E-state index is 13.4. The molecule has 1 fully saturated rings. The molecule has 0 bridgehead atoms. The van der Waals surface area contributed by atoms with E-state index in [2.05, 4.69) is 45.9 Å². The summed E-state index contributed by atoms with van der Waals surface area (Å²) >= 11 is 0. The van der Waals surface area contributed by atoms with Gasteiger partial charge >= 0.3 is 0 Å². The average molecular weight is 525 g/mol. The quantitative estimate of drug-likeness (QED) is 0.324. The Balaban J connectivity index is 1.40. The summed E-state index contributed by atoms with van der Waals surface area (Å²) in [6.07, 6.45) is 7.25. The van der Waals surface area contributed by atoms with Gasteiger partial charge in [-0.3, -0.25) is 9.48 Å². The molecule has 1 saturated heterocycles. The van der Waals surface area contributed by atoms with Gasteiger partial charge < -0.3 is 15.1 Å². The van der Waals surface area contributed by atoms with E-state index in [1.165, 1.54) is 0 Å². The highest BCUT2D eigenvalue weighted by molar-refractivity contribution is 5.83. The Labute approximate surface area is 226 Å².